The topological polar surface area (TPSA) is 21.3 Å². The molecular weight excluding hydrogens is 365 g/mol. The van der Waals surface area contributed by atoms with E-state index >= 15 is 0 Å². The fraction of sp³-hybridized carbons (Fsp3) is 0.368. The first-order valence-electron chi connectivity index (χ1n) is 7.81. The standard InChI is InChI=1S/C19H23Cl2NO.ClH/c1-4-19(2,3)22-12-14-7-5-6-8-18(14)23-13-15-9-10-16(20)11-17(15)21;/h5-11,22H,4,12-13H2,1-3H3;1H. The second kappa shape index (κ2) is 9.53. The molecule has 0 spiro atoms. The van der Waals surface area contributed by atoms with Crippen LogP contribution >= 0.6 is 35.6 Å². The molecule has 0 atom stereocenters. The predicted molar refractivity (Wildman–Crippen MR) is 106 cm³/mol. The zero-order chi connectivity index (χ0) is 16.9. The van der Waals surface area contributed by atoms with Gasteiger partial charge in [0.2, 0.25) is 0 Å². The van der Waals surface area contributed by atoms with Crippen molar-refractivity contribution in [2.75, 3.05) is 0 Å². The van der Waals surface area contributed by atoms with Gasteiger partial charge in [0.15, 0.2) is 0 Å². The molecule has 0 fully saturated rings. The summed E-state index contributed by atoms with van der Waals surface area (Å²) < 4.78 is 5.98. The van der Waals surface area contributed by atoms with Crippen LogP contribution in [0.25, 0.3) is 0 Å². The number of ether oxygens (including phenoxy) is 1. The van der Waals surface area contributed by atoms with Crippen molar-refractivity contribution in [2.45, 2.75) is 45.9 Å². The van der Waals surface area contributed by atoms with Crippen LogP contribution in [0.5, 0.6) is 5.75 Å². The quantitative estimate of drug-likeness (QED) is 0.603. The summed E-state index contributed by atoms with van der Waals surface area (Å²) in [6.07, 6.45) is 1.07. The number of rotatable bonds is 7. The van der Waals surface area contributed by atoms with Crippen molar-refractivity contribution in [3.05, 3.63) is 63.6 Å². The molecule has 2 nitrogen and oxygen atoms in total. The molecule has 0 amide bonds. The van der Waals surface area contributed by atoms with Gasteiger partial charge >= 0.3 is 0 Å². The highest BCUT2D eigenvalue weighted by Gasteiger charge is 2.14. The molecule has 0 radical (unpaired) electrons. The molecule has 0 bridgehead atoms. The average molecular weight is 389 g/mol. The van der Waals surface area contributed by atoms with E-state index in [4.69, 9.17) is 27.9 Å². The second-order valence-electron chi connectivity index (χ2n) is 6.22. The molecule has 0 saturated heterocycles. The van der Waals surface area contributed by atoms with Crippen molar-refractivity contribution in [1.82, 2.24) is 5.32 Å². The fourth-order valence-electron chi connectivity index (χ4n) is 2.04. The Balaban J connectivity index is 0.00000288. The molecule has 2 aromatic carbocycles. The molecular formula is C19H24Cl3NO. The number of para-hydroxylation sites is 1. The molecule has 0 aliphatic rings. The molecule has 132 valence electrons. The summed E-state index contributed by atoms with van der Waals surface area (Å²) in [5.74, 6) is 0.873. The van der Waals surface area contributed by atoms with Crippen molar-refractivity contribution < 1.29 is 4.74 Å². The van der Waals surface area contributed by atoms with Gasteiger partial charge in [0, 0.05) is 33.3 Å². The molecule has 0 aromatic heterocycles. The maximum atomic E-state index is 6.20. The number of hydrogen-bond donors (Lipinski definition) is 1. The van der Waals surface area contributed by atoms with Crippen molar-refractivity contribution in [3.8, 4) is 5.75 Å². The van der Waals surface area contributed by atoms with Crippen LogP contribution in [0, 0.1) is 0 Å². The van der Waals surface area contributed by atoms with Gasteiger partial charge in [-0.05, 0) is 38.5 Å². The van der Waals surface area contributed by atoms with Gasteiger partial charge in [-0.25, -0.2) is 0 Å². The van der Waals surface area contributed by atoms with Crippen LogP contribution in [0.3, 0.4) is 0 Å². The van der Waals surface area contributed by atoms with Gasteiger partial charge in [0.05, 0.1) is 0 Å². The maximum Gasteiger partial charge on any atom is 0.124 e. The molecule has 0 aliphatic heterocycles. The third-order valence-corrected chi connectivity index (χ3v) is 4.60. The van der Waals surface area contributed by atoms with Crippen molar-refractivity contribution in [1.29, 1.82) is 0 Å². The zero-order valence-electron chi connectivity index (χ0n) is 14.2. The monoisotopic (exact) mass is 387 g/mol. The van der Waals surface area contributed by atoms with E-state index in [9.17, 15) is 0 Å². The molecule has 0 heterocycles. The highest BCUT2D eigenvalue weighted by molar-refractivity contribution is 6.35. The summed E-state index contributed by atoms with van der Waals surface area (Å²) in [7, 11) is 0. The van der Waals surface area contributed by atoms with Crippen molar-refractivity contribution >= 4 is 35.6 Å². The summed E-state index contributed by atoms with van der Waals surface area (Å²) in [6.45, 7) is 7.77. The highest BCUT2D eigenvalue weighted by atomic mass is 35.5. The van der Waals surface area contributed by atoms with E-state index in [0.29, 0.717) is 16.7 Å². The Labute approximate surface area is 160 Å². The van der Waals surface area contributed by atoms with Gasteiger partial charge in [-0.1, -0.05) is 54.4 Å². The zero-order valence-corrected chi connectivity index (χ0v) is 16.6. The highest BCUT2D eigenvalue weighted by Crippen LogP contribution is 2.24. The van der Waals surface area contributed by atoms with Crippen LogP contribution in [-0.4, -0.2) is 5.54 Å². The lowest BCUT2D eigenvalue weighted by Crippen LogP contribution is -2.37. The van der Waals surface area contributed by atoms with Crippen molar-refractivity contribution in [3.63, 3.8) is 0 Å². The van der Waals surface area contributed by atoms with E-state index in [1.165, 1.54) is 0 Å². The van der Waals surface area contributed by atoms with Crippen LogP contribution in [0.4, 0.5) is 0 Å². The number of nitrogens with one attached hydrogen (secondary N) is 1. The molecule has 1 N–H and O–H groups in total. The summed E-state index contributed by atoms with van der Waals surface area (Å²) in [4.78, 5) is 0. The number of halogens is 3. The smallest absolute Gasteiger partial charge is 0.124 e. The predicted octanol–water partition coefficient (Wildman–Crippen LogP) is 6.27. The average Bonchev–Trinajstić information content (AvgIpc) is 2.53. The second-order valence-corrected chi connectivity index (χ2v) is 7.07. The van der Waals surface area contributed by atoms with E-state index in [2.05, 4.69) is 32.2 Å². The lowest BCUT2D eigenvalue weighted by Gasteiger charge is -2.25. The van der Waals surface area contributed by atoms with Gasteiger partial charge in [-0.3, -0.25) is 0 Å². The number of benzene rings is 2. The largest absolute Gasteiger partial charge is 0.489 e. The minimum atomic E-state index is 0. The first kappa shape index (κ1) is 21.1. The first-order valence-corrected chi connectivity index (χ1v) is 8.56. The molecule has 5 heteroatoms. The molecule has 2 aromatic rings. The third kappa shape index (κ3) is 6.18. The van der Waals surface area contributed by atoms with E-state index in [1.807, 2.05) is 30.3 Å². The third-order valence-electron chi connectivity index (χ3n) is 4.01. The summed E-state index contributed by atoms with van der Waals surface area (Å²) in [6, 6.07) is 13.5. The van der Waals surface area contributed by atoms with E-state index in [0.717, 1.165) is 29.8 Å². The van der Waals surface area contributed by atoms with Crippen LogP contribution in [-0.2, 0) is 13.2 Å². The SMILES string of the molecule is CCC(C)(C)NCc1ccccc1OCc1ccc(Cl)cc1Cl.Cl. The summed E-state index contributed by atoms with van der Waals surface area (Å²) in [5, 5.41) is 4.81. The fourth-order valence-corrected chi connectivity index (χ4v) is 2.51. The lowest BCUT2D eigenvalue weighted by atomic mass is 10.0. The Morgan fingerprint density at radius 1 is 1.04 bits per heavy atom. The minimum Gasteiger partial charge on any atom is -0.489 e. The van der Waals surface area contributed by atoms with Gasteiger partial charge < -0.3 is 10.1 Å². The van der Waals surface area contributed by atoms with Gasteiger partial charge in [0.25, 0.3) is 0 Å². The van der Waals surface area contributed by atoms with E-state index < -0.39 is 0 Å². The Bertz CT molecular complexity index is 659. The van der Waals surface area contributed by atoms with Crippen LogP contribution in [0.2, 0.25) is 10.0 Å². The molecule has 0 saturated carbocycles. The Morgan fingerprint density at radius 3 is 2.42 bits per heavy atom. The first-order chi connectivity index (χ1) is 10.9. The van der Waals surface area contributed by atoms with Crippen LogP contribution in [0.15, 0.2) is 42.5 Å². The van der Waals surface area contributed by atoms with E-state index in [1.54, 1.807) is 6.07 Å². The molecule has 2 rings (SSSR count). The maximum absolute atomic E-state index is 6.20. The van der Waals surface area contributed by atoms with Crippen molar-refractivity contribution in [2.24, 2.45) is 0 Å². The molecule has 24 heavy (non-hydrogen) atoms. The van der Waals surface area contributed by atoms with Gasteiger partial charge in [-0.2, -0.15) is 0 Å². The summed E-state index contributed by atoms with van der Waals surface area (Å²) in [5.41, 5.74) is 2.17. The lowest BCUT2D eigenvalue weighted by molar-refractivity contribution is 0.298. The molecule has 0 unspecified atom stereocenters. The minimum absolute atomic E-state index is 0. The molecule has 0 aliphatic carbocycles. The Hall–Kier alpha value is -0.930. The Kier molecular flexibility index (Phi) is 8.38. The van der Waals surface area contributed by atoms with Gasteiger partial charge in [-0.15, -0.1) is 12.4 Å². The Morgan fingerprint density at radius 2 is 1.75 bits per heavy atom. The summed E-state index contributed by atoms with van der Waals surface area (Å²) >= 11 is 12.1. The normalized spacial score (nSPS) is 11.0. The van der Waals surface area contributed by atoms with Crippen LogP contribution < -0.4 is 10.1 Å². The van der Waals surface area contributed by atoms with E-state index in [-0.39, 0.29) is 17.9 Å². The van der Waals surface area contributed by atoms with Gasteiger partial charge in [0.1, 0.15) is 12.4 Å². The van der Waals surface area contributed by atoms with Crippen LogP contribution in [0.1, 0.15) is 38.3 Å². The number of hydrogen-bond acceptors (Lipinski definition) is 2.